The van der Waals surface area contributed by atoms with Crippen molar-refractivity contribution in [3.8, 4) is 23.7 Å². The largest absolute Gasteiger partial charge is 0.481 e. The molecule has 0 aromatic heterocycles. The Kier molecular flexibility index (Phi) is 15.4. The van der Waals surface area contributed by atoms with Crippen LogP contribution in [0.15, 0.2) is 97.1 Å². The Balaban J connectivity index is 0.000000221. The number of carbonyl (C=O) groups is 4. The zero-order valence-corrected chi connectivity index (χ0v) is 32.6. The highest BCUT2D eigenvalue weighted by molar-refractivity contribution is 5.95. The second-order valence-corrected chi connectivity index (χ2v) is 15.3. The van der Waals surface area contributed by atoms with E-state index in [1.807, 2.05) is 0 Å². The molecule has 0 heterocycles. The Morgan fingerprint density at radius 1 is 0.552 bits per heavy atom. The summed E-state index contributed by atoms with van der Waals surface area (Å²) in [4.78, 5) is 47.8. The molecule has 3 amide bonds. The average molecular weight is 786 g/mol. The standard InChI is InChI=1S/C24H25FN2O2.C24H24FNO3/c25-21-7-3-2-6-19(21)11-8-18-9-12-20(13-10-18)23(29)27-17-24(16-22(26)28)14-4-1-5-15-24;25-21-7-3-2-6-19(21)11-8-18-9-12-20(13-10-18)23(29)26-17-24(16-22(27)28)14-4-1-5-15-24/h2-3,6-7,9-10,12-13H,1,4-5,14-17H2,(H2,26,28)(H,27,29);2-3,6-7,9-10,12-13H,1,4-5,14-17H2,(H,26,29)(H,27,28). The van der Waals surface area contributed by atoms with Gasteiger partial charge in [0.2, 0.25) is 5.91 Å². The number of aliphatic carboxylic acids is 1. The number of hydrogen-bond donors (Lipinski definition) is 4. The second-order valence-electron chi connectivity index (χ2n) is 15.3. The molecule has 5 N–H and O–H groups in total. The number of carboxylic acids is 1. The molecule has 0 bridgehead atoms. The smallest absolute Gasteiger partial charge is 0.303 e. The number of carboxylic acid groups (broad SMARTS) is 1. The van der Waals surface area contributed by atoms with Crippen molar-refractivity contribution in [3.05, 3.63) is 142 Å². The van der Waals surface area contributed by atoms with E-state index < -0.39 is 5.97 Å². The van der Waals surface area contributed by atoms with Crippen molar-refractivity contribution in [2.24, 2.45) is 16.6 Å². The molecule has 300 valence electrons. The number of rotatable bonds is 10. The molecule has 4 aromatic carbocycles. The predicted molar refractivity (Wildman–Crippen MR) is 219 cm³/mol. The van der Waals surface area contributed by atoms with Crippen LogP contribution in [0.1, 0.15) is 120 Å². The first kappa shape index (κ1) is 42.9. The third-order valence-electron chi connectivity index (χ3n) is 10.9. The van der Waals surface area contributed by atoms with Gasteiger partial charge in [0.25, 0.3) is 11.8 Å². The minimum absolute atomic E-state index is 0.0812. The Bertz CT molecular complexity index is 2030. The van der Waals surface area contributed by atoms with E-state index in [1.165, 1.54) is 12.1 Å². The molecule has 0 spiro atoms. The van der Waals surface area contributed by atoms with Crippen molar-refractivity contribution in [1.82, 2.24) is 10.6 Å². The molecule has 10 heteroatoms. The van der Waals surface area contributed by atoms with Crippen LogP contribution in [-0.2, 0) is 9.59 Å². The first-order chi connectivity index (χ1) is 27.9. The van der Waals surface area contributed by atoms with Crippen molar-refractivity contribution in [3.63, 3.8) is 0 Å². The average Bonchev–Trinajstić information content (AvgIpc) is 3.22. The van der Waals surface area contributed by atoms with Gasteiger partial charge in [0.15, 0.2) is 0 Å². The lowest BCUT2D eigenvalue weighted by atomic mass is 9.71. The number of carbonyl (C=O) groups excluding carboxylic acids is 3. The molecule has 6 rings (SSSR count). The van der Waals surface area contributed by atoms with E-state index in [9.17, 15) is 33.1 Å². The summed E-state index contributed by atoms with van der Waals surface area (Å²) in [5, 5.41) is 15.1. The van der Waals surface area contributed by atoms with Crippen molar-refractivity contribution in [2.75, 3.05) is 13.1 Å². The molecule has 0 unspecified atom stereocenters. The van der Waals surface area contributed by atoms with Gasteiger partial charge in [-0.15, -0.1) is 0 Å². The van der Waals surface area contributed by atoms with Crippen LogP contribution in [0.3, 0.4) is 0 Å². The minimum Gasteiger partial charge on any atom is -0.481 e. The summed E-state index contributed by atoms with van der Waals surface area (Å²) in [6, 6.07) is 26.3. The number of hydrogen-bond acceptors (Lipinski definition) is 4. The second kappa shape index (κ2) is 20.8. The third kappa shape index (κ3) is 12.9. The highest BCUT2D eigenvalue weighted by Gasteiger charge is 2.35. The quantitative estimate of drug-likeness (QED) is 0.120. The molecule has 8 nitrogen and oxygen atoms in total. The molecule has 58 heavy (non-hydrogen) atoms. The molecular weight excluding hydrogens is 737 g/mol. The van der Waals surface area contributed by atoms with Crippen LogP contribution >= 0.6 is 0 Å². The molecule has 2 aliphatic carbocycles. The first-order valence-corrected chi connectivity index (χ1v) is 19.7. The van der Waals surface area contributed by atoms with Gasteiger partial charge < -0.3 is 21.5 Å². The van der Waals surface area contributed by atoms with Gasteiger partial charge in [-0.25, -0.2) is 8.78 Å². The fraction of sp³-hybridized carbons (Fsp3) is 0.333. The van der Waals surface area contributed by atoms with Crippen LogP contribution in [0.25, 0.3) is 0 Å². The minimum atomic E-state index is -0.820. The van der Waals surface area contributed by atoms with E-state index >= 15 is 0 Å². The van der Waals surface area contributed by atoms with Crippen molar-refractivity contribution in [2.45, 2.75) is 77.0 Å². The van der Waals surface area contributed by atoms with Crippen LogP contribution in [-0.4, -0.2) is 41.9 Å². The lowest BCUT2D eigenvalue weighted by molar-refractivity contribution is -0.140. The maximum Gasteiger partial charge on any atom is 0.303 e. The Hall–Kier alpha value is -6.26. The van der Waals surface area contributed by atoms with Crippen molar-refractivity contribution < 1.29 is 33.1 Å². The highest BCUT2D eigenvalue weighted by Crippen LogP contribution is 2.39. The predicted octanol–water partition coefficient (Wildman–Crippen LogP) is 8.16. The van der Waals surface area contributed by atoms with Gasteiger partial charge in [-0.2, -0.15) is 0 Å². The Morgan fingerprint density at radius 3 is 1.29 bits per heavy atom. The van der Waals surface area contributed by atoms with Gasteiger partial charge >= 0.3 is 5.97 Å². The topological polar surface area (TPSA) is 139 Å². The van der Waals surface area contributed by atoms with Crippen LogP contribution in [0.4, 0.5) is 8.78 Å². The summed E-state index contributed by atoms with van der Waals surface area (Å²) in [6.07, 6.45) is 10.2. The molecule has 0 saturated heterocycles. The molecule has 0 atom stereocenters. The van der Waals surface area contributed by atoms with E-state index in [-0.39, 0.29) is 46.6 Å². The third-order valence-corrected chi connectivity index (χ3v) is 10.9. The molecule has 4 aromatic rings. The molecular formula is C48H49F2N3O5. The summed E-state index contributed by atoms with van der Waals surface area (Å²) >= 11 is 0. The summed E-state index contributed by atoms with van der Waals surface area (Å²) in [5.41, 5.74) is 7.89. The van der Waals surface area contributed by atoms with E-state index in [0.717, 1.165) is 64.2 Å². The first-order valence-electron chi connectivity index (χ1n) is 19.7. The van der Waals surface area contributed by atoms with Gasteiger partial charge in [0.05, 0.1) is 17.5 Å². The fourth-order valence-electron chi connectivity index (χ4n) is 7.68. The zero-order chi connectivity index (χ0) is 41.4. The fourth-order valence-corrected chi connectivity index (χ4v) is 7.68. The van der Waals surface area contributed by atoms with Crippen LogP contribution in [0.2, 0.25) is 0 Å². The summed E-state index contributed by atoms with van der Waals surface area (Å²) in [5.74, 6) is 9.11. The molecule has 2 saturated carbocycles. The Labute approximate surface area is 339 Å². The van der Waals surface area contributed by atoms with Crippen LogP contribution in [0, 0.1) is 46.1 Å². The molecule has 0 aliphatic heterocycles. The maximum atomic E-state index is 13.6. The van der Waals surface area contributed by atoms with Gasteiger partial charge in [0.1, 0.15) is 11.6 Å². The normalized spacial score (nSPS) is 15.1. The van der Waals surface area contributed by atoms with Gasteiger partial charge in [-0.1, -0.05) is 86.5 Å². The lowest BCUT2D eigenvalue weighted by Crippen LogP contribution is -2.41. The molecule has 2 fully saturated rings. The maximum absolute atomic E-state index is 13.6. The van der Waals surface area contributed by atoms with E-state index in [4.69, 9.17) is 5.73 Å². The molecule has 2 aliphatic rings. The van der Waals surface area contributed by atoms with Crippen molar-refractivity contribution >= 4 is 23.7 Å². The van der Waals surface area contributed by atoms with E-state index in [1.54, 1.807) is 84.9 Å². The number of primary amides is 1. The van der Waals surface area contributed by atoms with Crippen LogP contribution in [0.5, 0.6) is 0 Å². The zero-order valence-electron chi connectivity index (χ0n) is 32.6. The number of halogens is 2. The highest BCUT2D eigenvalue weighted by atomic mass is 19.1. The summed E-state index contributed by atoms with van der Waals surface area (Å²) in [6.45, 7) is 0.816. The SMILES string of the molecule is NC(=O)CC1(CNC(=O)c2ccc(C#Cc3ccccc3F)cc2)CCCCC1.O=C(O)CC1(CNC(=O)c2ccc(C#Cc3ccccc3F)cc2)CCCCC1. The van der Waals surface area contributed by atoms with Gasteiger partial charge in [0, 0.05) is 41.8 Å². The monoisotopic (exact) mass is 785 g/mol. The van der Waals surface area contributed by atoms with E-state index in [2.05, 4.69) is 34.3 Å². The lowest BCUT2D eigenvalue weighted by Gasteiger charge is -2.36. The van der Waals surface area contributed by atoms with E-state index in [0.29, 0.717) is 52.9 Å². The van der Waals surface area contributed by atoms with Crippen molar-refractivity contribution in [1.29, 1.82) is 0 Å². The van der Waals surface area contributed by atoms with Gasteiger partial charge in [-0.05, 0) is 109 Å². The number of benzene rings is 4. The number of amides is 3. The summed E-state index contributed by atoms with van der Waals surface area (Å²) in [7, 11) is 0. The molecule has 0 radical (unpaired) electrons. The number of nitrogens with two attached hydrogens (primary N) is 1. The van der Waals surface area contributed by atoms with Gasteiger partial charge in [-0.3, -0.25) is 19.2 Å². The Morgan fingerprint density at radius 2 is 0.931 bits per heavy atom. The van der Waals surface area contributed by atoms with Crippen LogP contribution < -0.4 is 16.4 Å². The summed E-state index contributed by atoms with van der Waals surface area (Å²) < 4.78 is 27.2. The number of nitrogens with one attached hydrogen (secondary N) is 2.